The molecule has 6 nitrogen and oxygen atoms in total. The van der Waals surface area contributed by atoms with Crippen molar-refractivity contribution in [3.8, 4) is 0 Å². The third kappa shape index (κ3) is 4.03. The van der Waals surface area contributed by atoms with E-state index in [1.165, 1.54) is 52.0 Å². The fraction of sp³-hybridized carbons (Fsp3) is 0.300. The van der Waals surface area contributed by atoms with Crippen LogP contribution in [-0.2, 0) is 10.0 Å². The van der Waals surface area contributed by atoms with Crippen LogP contribution in [0, 0.1) is 5.82 Å². The highest BCUT2D eigenvalue weighted by atomic mass is 32.2. The molecular weight excluding hydrogens is 413 g/mol. The lowest BCUT2D eigenvalue weighted by atomic mass is 10.2. The average Bonchev–Trinajstić information content (AvgIpc) is 3.36. The summed E-state index contributed by atoms with van der Waals surface area (Å²) < 4.78 is 41.0. The number of nitrogens with one attached hydrogen (secondary N) is 1. The number of carbonyl (C=O) groups excluding carboxylic acids is 1. The molecule has 0 saturated heterocycles. The lowest BCUT2D eigenvalue weighted by Gasteiger charge is -2.23. The number of rotatable bonds is 5. The number of benzene rings is 2. The molecule has 1 aliphatic carbocycles. The number of hydrogen-bond donors (Lipinski definition) is 1. The number of sulfonamides is 1. The first-order chi connectivity index (χ1) is 13.8. The van der Waals surface area contributed by atoms with Crippen LogP contribution in [0.5, 0.6) is 0 Å². The smallest absolute Gasteiger partial charge is 0.257 e. The van der Waals surface area contributed by atoms with Gasteiger partial charge in [-0.05, 0) is 55.3 Å². The van der Waals surface area contributed by atoms with Gasteiger partial charge in [0, 0.05) is 18.7 Å². The van der Waals surface area contributed by atoms with Gasteiger partial charge in [-0.2, -0.15) is 4.31 Å². The van der Waals surface area contributed by atoms with Crippen LogP contribution >= 0.6 is 11.3 Å². The van der Waals surface area contributed by atoms with Crippen LogP contribution in [0.3, 0.4) is 0 Å². The Morgan fingerprint density at radius 3 is 2.55 bits per heavy atom. The Labute approximate surface area is 172 Å². The number of carbonyl (C=O) groups is 1. The second-order valence-electron chi connectivity index (χ2n) is 7.07. The highest BCUT2D eigenvalue weighted by Crippen LogP contribution is 2.28. The van der Waals surface area contributed by atoms with Crippen LogP contribution in [0.4, 0.5) is 9.52 Å². The molecule has 1 saturated carbocycles. The molecule has 1 heterocycles. The number of amides is 1. The van der Waals surface area contributed by atoms with Crippen LogP contribution in [0.1, 0.15) is 36.0 Å². The van der Waals surface area contributed by atoms with Crippen molar-refractivity contribution in [3.63, 3.8) is 0 Å². The Morgan fingerprint density at radius 2 is 1.86 bits per heavy atom. The molecular formula is C20H20FN3O3S2. The standard InChI is InChI=1S/C20H20FN3O3S2/c1-24(15-4-2-3-5-15)29(26,27)16-9-6-13(7-10-16)19(25)23-20-22-17-11-8-14(21)12-18(17)28-20/h6-12,15H,2-5H2,1H3,(H,22,23,25). The zero-order valence-corrected chi connectivity index (χ0v) is 17.4. The van der Waals surface area contributed by atoms with Gasteiger partial charge >= 0.3 is 0 Å². The molecule has 0 spiro atoms. The summed E-state index contributed by atoms with van der Waals surface area (Å²) in [6.07, 6.45) is 3.84. The first-order valence-electron chi connectivity index (χ1n) is 9.30. The Balaban J connectivity index is 1.49. The van der Waals surface area contributed by atoms with Gasteiger partial charge in [-0.3, -0.25) is 10.1 Å². The van der Waals surface area contributed by atoms with Gasteiger partial charge in [0.15, 0.2) is 5.13 Å². The van der Waals surface area contributed by atoms with Gasteiger partial charge in [0.1, 0.15) is 5.82 Å². The minimum Gasteiger partial charge on any atom is -0.298 e. The van der Waals surface area contributed by atoms with E-state index in [4.69, 9.17) is 0 Å². The molecule has 1 N–H and O–H groups in total. The molecule has 29 heavy (non-hydrogen) atoms. The van der Waals surface area contributed by atoms with Gasteiger partial charge in [-0.25, -0.2) is 17.8 Å². The van der Waals surface area contributed by atoms with Gasteiger partial charge in [0.2, 0.25) is 10.0 Å². The molecule has 0 radical (unpaired) electrons. The molecule has 0 aliphatic heterocycles. The average molecular weight is 434 g/mol. The van der Waals surface area contributed by atoms with E-state index in [2.05, 4.69) is 10.3 Å². The van der Waals surface area contributed by atoms with Crippen molar-refractivity contribution in [1.82, 2.24) is 9.29 Å². The summed E-state index contributed by atoms with van der Waals surface area (Å²) >= 11 is 1.17. The summed E-state index contributed by atoms with van der Waals surface area (Å²) in [7, 11) is -1.98. The number of hydrogen-bond acceptors (Lipinski definition) is 5. The Bertz CT molecular complexity index is 1150. The van der Waals surface area contributed by atoms with Crippen molar-refractivity contribution in [2.45, 2.75) is 36.6 Å². The van der Waals surface area contributed by atoms with E-state index >= 15 is 0 Å². The zero-order valence-electron chi connectivity index (χ0n) is 15.8. The van der Waals surface area contributed by atoms with Crippen LogP contribution < -0.4 is 5.32 Å². The van der Waals surface area contributed by atoms with Gasteiger partial charge in [-0.1, -0.05) is 24.2 Å². The number of thiazole rings is 1. The van der Waals surface area contributed by atoms with Crippen LogP contribution in [-0.4, -0.2) is 36.7 Å². The quantitative estimate of drug-likeness (QED) is 0.652. The number of aromatic nitrogens is 1. The summed E-state index contributed by atoms with van der Waals surface area (Å²) in [4.78, 5) is 16.9. The largest absolute Gasteiger partial charge is 0.298 e. The van der Waals surface area contributed by atoms with Crippen molar-refractivity contribution in [3.05, 3.63) is 53.8 Å². The van der Waals surface area contributed by atoms with Gasteiger partial charge in [0.05, 0.1) is 15.1 Å². The first kappa shape index (κ1) is 19.9. The first-order valence-corrected chi connectivity index (χ1v) is 11.6. The SMILES string of the molecule is CN(C1CCCC1)S(=O)(=O)c1ccc(C(=O)Nc2nc3ccc(F)cc3s2)cc1. The van der Waals surface area contributed by atoms with E-state index in [1.54, 1.807) is 13.1 Å². The zero-order chi connectivity index (χ0) is 20.6. The van der Waals surface area contributed by atoms with Crippen molar-refractivity contribution in [2.24, 2.45) is 0 Å². The van der Waals surface area contributed by atoms with E-state index in [-0.39, 0.29) is 16.8 Å². The summed E-state index contributed by atoms with van der Waals surface area (Å²) in [5.41, 5.74) is 0.918. The number of anilines is 1. The molecule has 0 bridgehead atoms. The fourth-order valence-corrected chi connectivity index (χ4v) is 5.83. The summed E-state index contributed by atoms with van der Waals surface area (Å²) in [6.45, 7) is 0. The summed E-state index contributed by atoms with van der Waals surface area (Å²) in [5.74, 6) is -0.768. The summed E-state index contributed by atoms with van der Waals surface area (Å²) in [5, 5.41) is 3.03. The monoisotopic (exact) mass is 433 g/mol. The number of nitrogens with zero attached hydrogens (tertiary/aromatic N) is 2. The van der Waals surface area contributed by atoms with E-state index in [0.717, 1.165) is 25.7 Å². The molecule has 0 atom stereocenters. The third-order valence-electron chi connectivity index (χ3n) is 5.20. The van der Waals surface area contributed by atoms with E-state index in [0.29, 0.717) is 20.9 Å². The van der Waals surface area contributed by atoms with Gasteiger partial charge < -0.3 is 0 Å². The predicted molar refractivity (Wildman–Crippen MR) is 111 cm³/mol. The summed E-state index contributed by atoms with van der Waals surface area (Å²) in [6, 6.07) is 10.1. The minimum atomic E-state index is -3.59. The molecule has 1 amide bonds. The number of fused-ring (bicyclic) bond motifs is 1. The molecule has 3 aromatic rings. The van der Waals surface area contributed by atoms with Crippen LogP contribution in [0.15, 0.2) is 47.4 Å². The van der Waals surface area contributed by atoms with Crippen molar-refractivity contribution < 1.29 is 17.6 Å². The predicted octanol–water partition coefficient (Wildman–Crippen LogP) is 4.25. The molecule has 9 heteroatoms. The van der Waals surface area contributed by atoms with E-state index in [1.807, 2.05) is 0 Å². The Morgan fingerprint density at radius 1 is 1.17 bits per heavy atom. The molecule has 2 aromatic carbocycles. The Hall–Kier alpha value is -2.36. The number of halogens is 1. The normalized spacial score (nSPS) is 15.3. The van der Waals surface area contributed by atoms with Crippen molar-refractivity contribution >= 4 is 42.6 Å². The molecule has 1 fully saturated rings. The second kappa shape index (κ2) is 7.81. The van der Waals surface area contributed by atoms with Crippen molar-refractivity contribution in [1.29, 1.82) is 0 Å². The maximum atomic E-state index is 13.3. The highest BCUT2D eigenvalue weighted by molar-refractivity contribution is 7.89. The molecule has 152 valence electrons. The third-order valence-corrected chi connectivity index (χ3v) is 8.06. The molecule has 1 aliphatic rings. The lowest BCUT2D eigenvalue weighted by molar-refractivity contribution is 0.102. The maximum Gasteiger partial charge on any atom is 0.257 e. The van der Waals surface area contributed by atoms with Crippen LogP contribution in [0.2, 0.25) is 0 Å². The van der Waals surface area contributed by atoms with Crippen LogP contribution in [0.25, 0.3) is 10.2 Å². The van der Waals surface area contributed by atoms with Gasteiger partial charge in [0.25, 0.3) is 5.91 Å². The maximum absolute atomic E-state index is 13.3. The molecule has 1 aromatic heterocycles. The second-order valence-corrected chi connectivity index (χ2v) is 10.1. The van der Waals surface area contributed by atoms with E-state index in [9.17, 15) is 17.6 Å². The molecule has 0 unspecified atom stereocenters. The van der Waals surface area contributed by atoms with Gasteiger partial charge in [-0.15, -0.1) is 0 Å². The highest BCUT2D eigenvalue weighted by Gasteiger charge is 2.30. The van der Waals surface area contributed by atoms with Crippen molar-refractivity contribution in [2.75, 3.05) is 12.4 Å². The molecule has 4 rings (SSSR count). The van der Waals surface area contributed by atoms with E-state index < -0.39 is 15.9 Å². The lowest BCUT2D eigenvalue weighted by Crippen LogP contribution is -2.35. The fourth-order valence-electron chi connectivity index (χ4n) is 3.53. The topological polar surface area (TPSA) is 79.4 Å². The minimum absolute atomic E-state index is 0.0341. The Kier molecular flexibility index (Phi) is 5.37.